The van der Waals surface area contributed by atoms with Gasteiger partial charge < -0.3 is 15.8 Å². The van der Waals surface area contributed by atoms with Gasteiger partial charge in [0.25, 0.3) is 5.91 Å². The molecule has 1 aromatic rings. The summed E-state index contributed by atoms with van der Waals surface area (Å²) in [6.45, 7) is 4.23. The van der Waals surface area contributed by atoms with Crippen molar-refractivity contribution in [2.75, 3.05) is 26.3 Å². The molecule has 0 saturated carbocycles. The van der Waals surface area contributed by atoms with Gasteiger partial charge in [-0.2, -0.15) is 0 Å². The Morgan fingerprint density at radius 2 is 2.25 bits per heavy atom. The van der Waals surface area contributed by atoms with Gasteiger partial charge in [-0.1, -0.05) is 31.3 Å². The molecule has 1 aromatic carbocycles. The molecule has 0 heterocycles. The standard InChI is InChI=1S/C16H22N2O2/c1-2-3-11-20-12-10-18-16(19)15-8-4-6-14(13-15)7-5-9-17/h4,6,8,13H,2-3,9-12,17H2,1H3,(H,18,19). The van der Waals surface area contributed by atoms with Gasteiger partial charge in [-0.15, -0.1) is 0 Å². The first-order valence-corrected chi connectivity index (χ1v) is 6.93. The van der Waals surface area contributed by atoms with E-state index in [0.29, 0.717) is 25.3 Å². The summed E-state index contributed by atoms with van der Waals surface area (Å²) in [4.78, 5) is 11.9. The zero-order valence-corrected chi connectivity index (χ0v) is 11.9. The van der Waals surface area contributed by atoms with E-state index in [2.05, 4.69) is 24.1 Å². The van der Waals surface area contributed by atoms with Gasteiger partial charge in [-0.25, -0.2) is 0 Å². The Labute approximate surface area is 120 Å². The molecule has 20 heavy (non-hydrogen) atoms. The summed E-state index contributed by atoms with van der Waals surface area (Å²) < 4.78 is 5.39. The van der Waals surface area contributed by atoms with Gasteiger partial charge in [-0.3, -0.25) is 4.79 Å². The molecule has 1 rings (SSSR count). The fourth-order valence-corrected chi connectivity index (χ4v) is 1.58. The number of rotatable bonds is 7. The molecule has 4 nitrogen and oxygen atoms in total. The second-order valence-corrected chi connectivity index (χ2v) is 4.31. The van der Waals surface area contributed by atoms with Gasteiger partial charge in [0, 0.05) is 24.3 Å². The number of unbranched alkanes of at least 4 members (excludes halogenated alkanes) is 1. The van der Waals surface area contributed by atoms with E-state index in [1.165, 1.54) is 0 Å². The fraction of sp³-hybridized carbons (Fsp3) is 0.438. The number of nitrogens with two attached hydrogens (primary N) is 1. The number of hydrogen-bond donors (Lipinski definition) is 2. The molecule has 0 unspecified atom stereocenters. The Morgan fingerprint density at radius 1 is 1.40 bits per heavy atom. The summed E-state index contributed by atoms with van der Waals surface area (Å²) in [5, 5.41) is 2.82. The molecule has 0 saturated heterocycles. The van der Waals surface area contributed by atoms with Crippen LogP contribution in [0.25, 0.3) is 0 Å². The minimum absolute atomic E-state index is 0.111. The number of benzene rings is 1. The summed E-state index contributed by atoms with van der Waals surface area (Å²) in [7, 11) is 0. The first-order valence-electron chi connectivity index (χ1n) is 6.93. The lowest BCUT2D eigenvalue weighted by Crippen LogP contribution is -2.27. The second-order valence-electron chi connectivity index (χ2n) is 4.31. The molecule has 0 atom stereocenters. The number of hydrogen-bond acceptors (Lipinski definition) is 3. The predicted molar refractivity (Wildman–Crippen MR) is 80.4 cm³/mol. The van der Waals surface area contributed by atoms with Crippen LogP contribution >= 0.6 is 0 Å². The van der Waals surface area contributed by atoms with Crippen molar-refractivity contribution in [1.82, 2.24) is 5.32 Å². The van der Waals surface area contributed by atoms with Crippen molar-refractivity contribution in [2.24, 2.45) is 5.73 Å². The van der Waals surface area contributed by atoms with Crippen LogP contribution in [-0.4, -0.2) is 32.2 Å². The Hall–Kier alpha value is -1.83. The maximum atomic E-state index is 11.9. The van der Waals surface area contributed by atoms with Crippen molar-refractivity contribution in [3.63, 3.8) is 0 Å². The van der Waals surface area contributed by atoms with E-state index in [9.17, 15) is 4.79 Å². The largest absolute Gasteiger partial charge is 0.380 e. The van der Waals surface area contributed by atoms with Crippen LogP contribution in [0.5, 0.6) is 0 Å². The summed E-state index contributed by atoms with van der Waals surface area (Å²) in [5.41, 5.74) is 6.72. The average Bonchev–Trinajstić information content (AvgIpc) is 2.48. The predicted octanol–water partition coefficient (Wildman–Crippen LogP) is 1.54. The number of ether oxygens (including phenoxy) is 1. The summed E-state index contributed by atoms with van der Waals surface area (Å²) in [6.07, 6.45) is 2.17. The molecule has 1 amide bonds. The van der Waals surface area contributed by atoms with Gasteiger partial charge in [0.05, 0.1) is 13.2 Å². The molecular formula is C16H22N2O2. The minimum Gasteiger partial charge on any atom is -0.380 e. The van der Waals surface area contributed by atoms with E-state index in [4.69, 9.17) is 10.5 Å². The highest BCUT2D eigenvalue weighted by Crippen LogP contribution is 2.03. The smallest absolute Gasteiger partial charge is 0.251 e. The number of nitrogens with one attached hydrogen (secondary N) is 1. The van der Waals surface area contributed by atoms with E-state index in [-0.39, 0.29) is 5.91 Å². The molecule has 4 heteroatoms. The highest BCUT2D eigenvalue weighted by atomic mass is 16.5. The monoisotopic (exact) mass is 274 g/mol. The topological polar surface area (TPSA) is 64.3 Å². The van der Waals surface area contributed by atoms with E-state index in [1.54, 1.807) is 12.1 Å². The van der Waals surface area contributed by atoms with Gasteiger partial charge >= 0.3 is 0 Å². The molecule has 0 spiro atoms. The Bertz CT molecular complexity index is 475. The molecule has 0 aliphatic carbocycles. The first-order chi connectivity index (χ1) is 9.77. The molecule has 0 aliphatic heterocycles. The lowest BCUT2D eigenvalue weighted by molar-refractivity contribution is 0.0913. The van der Waals surface area contributed by atoms with E-state index in [1.807, 2.05) is 12.1 Å². The number of carbonyl (C=O) groups is 1. The van der Waals surface area contributed by atoms with Crippen LogP contribution in [0.3, 0.4) is 0 Å². The molecule has 0 aliphatic rings. The van der Waals surface area contributed by atoms with E-state index >= 15 is 0 Å². The maximum absolute atomic E-state index is 11.9. The quantitative estimate of drug-likeness (QED) is 0.585. The summed E-state index contributed by atoms with van der Waals surface area (Å²) >= 11 is 0. The third kappa shape index (κ3) is 6.37. The van der Waals surface area contributed by atoms with Gasteiger partial charge in [0.2, 0.25) is 0 Å². The van der Waals surface area contributed by atoms with Crippen LogP contribution < -0.4 is 11.1 Å². The lowest BCUT2D eigenvalue weighted by Gasteiger charge is -2.06. The van der Waals surface area contributed by atoms with Crippen molar-refractivity contribution in [3.8, 4) is 11.8 Å². The van der Waals surface area contributed by atoms with Crippen LogP contribution in [0.15, 0.2) is 24.3 Å². The van der Waals surface area contributed by atoms with Crippen molar-refractivity contribution in [3.05, 3.63) is 35.4 Å². The second kappa shape index (κ2) is 10.0. The molecule has 0 fully saturated rings. The average molecular weight is 274 g/mol. The number of amides is 1. The molecule has 108 valence electrons. The lowest BCUT2D eigenvalue weighted by atomic mass is 10.1. The van der Waals surface area contributed by atoms with E-state index < -0.39 is 0 Å². The Morgan fingerprint density at radius 3 is 3.00 bits per heavy atom. The van der Waals surface area contributed by atoms with Gasteiger partial charge in [0.1, 0.15) is 0 Å². The molecule has 0 radical (unpaired) electrons. The minimum atomic E-state index is -0.111. The molecule has 0 aromatic heterocycles. The van der Waals surface area contributed by atoms with Crippen LogP contribution in [0, 0.1) is 11.8 Å². The van der Waals surface area contributed by atoms with Crippen molar-refractivity contribution in [1.29, 1.82) is 0 Å². The van der Waals surface area contributed by atoms with Crippen LogP contribution in [0.4, 0.5) is 0 Å². The third-order valence-corrected chi connectivity index (χ3v) is 2.63. The summed E-state index contributed by atoms with van der Waals surface area (Å²) in [6, 6.07) is 7.19. The van der Waals surface area contributed by atoms with Crippen molar-refractivity contribution >= 4 is 5.91 Å². The van der Waals surface area contributed by atoms with Crippen LogP contribution in [0.1, 0.15) is 35.7 Å². The molecule has 0 bridgehead atoms. The molecular weight excluding hydrogens is 252 g/mol. The van der Waals surface area contributed by atoms with Gasteiger partial charge in [0.15, 0.2) is 0 Å². The van der Waals surface area contributed by atoms with Crippen LogP contribution in [-0.2, 0) is 4.74 Å². The van der Waals surface area contributed by atoms with Crippen molar-refractivity contribution < 1.29 is 9.53 Å². The highest BCUT2D eigenvalue weighted by Gasteiger charge is 2.04. The summed E-state index contributed by atoms with van der Waals surface area (Å²) in [5.74, 6) is 5.57. The SMILES string of the molecule is CCCCOCCNC(=O)c1cccc(C#CCN)c1. The first kappa shape index (κ1) is 16.2. The molecule has 3 N–H and O–H groups in total. The fourth-order valence-electron chi connectivity index (χ4n) is 1.58. The zero-order valence-electron chi connectivity index (χ0n) is 11.9. The van der Waals surface area contributed by atoms with E-state index in [0.717, 1.165) is 25.0 Å². The Balaban J connectivity index is 2.39. The highest BCUT2D eigenvalue weighted by molar-refractivity contribution is 5.94. The maximum Gasteiger partial charge on any atom is 0.251 e. The van der Waals surface area contributed by atoms with Crippen LogP contribution in [0.2, 0.25) is 0 Å². The van der Waals surface area contributed by atoms with Gasteiger partial charge in [-0.05, 0) is 24.6 Å². The van der Waals surface area contributed by atoms with Crippen molar-refractivity contribution in [2.45, 2.75) is 19.8 Å². The number of carbonyl (C=O) groups excluding carboxylic acids is 1. The Kier molecular flexibility index (Phi) is 8.13. The normalized spacial score (nSPS) is 9.70. The zero-order chi connectivity index (χ0) is 14.6. The third-order valence-electron chi connectivity index (χ3n) is 2.63.